The number of hydrogen-bond donors (Lipinski definition) is 1. The predicted octanol–water partition coefficient (Wildman–Crippen LogP) is 3.07. The minimum atomic E-state index is -4.54. The van der Waals surface area contributed by atoms with Gasteiger partial charge in [-0.3, -0.25) is 9.59 Å². The van der Waals surface area contributed by atoms with E-state index in [1.54, 1.807) is 29.7 Å². The number of amides is 2. The quantitative estimate of drug-likeness (QED) is 0.915. The van der Waals surface area contributed by atoms with Crippen molar-refractivity contribution in [1.29, 1.82) is 0 Å². The molecule has 8 heteroatoms. The van der Waals surface area contributed by atoms with E-state index in [2.05, 4.69) is 5.32 Å². The number of aryl methyl sites for hydroxylation is 1. The van der Waals surface area contributed by atoms with E-state index in [0.29, 0.717) is 24.2 Å². The van der Waals surface area contributed by atoms with Crippen LogP contribution in [0.1, 0.15) is 22.3 Å². The Morgan fingerprint density at radius 3 is 2.48 bits per heavy atom. The molecule has 0 aromatic heterocycles. The highest BCUT2D eigenvalue weighted by Crippen LogP contribution is 2.23. The summed E-state index contributed by atoms with van der Waals surface area (Å²) < 4.78 is 36.5. The highest BCUT2D eigenvalue weighted by Gasteiger charge is 2.31. The lowest BCUT2D eigenvalue weighted by Crippen LogP contribution is -2.37. The van der Waals surface area contributed by atoms with Crippen molar-refractivity contribution in [2.24, 2.45) is 0 Å². The van der Waals surface area contributed by atoms with Gasteiger partial charge in [0.1, 0.15) is 6.42 Å². The lowest BCUT2D eigenvalue weighted by molar-refractivity contribution is -0.150. The molecule has 1 aliphatic rings. The molecule has 0 unspecified atom stereocenters. The van der Waals surface area contributed by atoms with E-state index in [1.165, 1.54) is 12.1 Å². The first-order valence-corrected chi connectivity index (χ1v) is 8.26. The monoisotopic (exact) mass is 346 g/mol. The number of alkyl halides is 3. The fraction of sp³-hybridized carbons (Fsp3) is 0.467. The van der Waals surface area contributed by atoms with E-state index in [0.717, 1.165) is 11.5 Å². The van der Waals surface area contributed by atoms with Crippen LogP contribution in [0, 0.1) is 6.92 Å². The summed E-state index contributed by atoms with van der Waals surface area (Å²) in [5.41, 5.74) is 1.31. The van der Waals surface area contributed by atoms with Crippen LogP contribution in [0.2, 0.25) is 0 Å². The highest BCUT2D eigenvalue weighted by atomic mass is 32.2. The van der Waals surface area contributed by atoms with E-state index in [4.69, 9.17) is 0 Å². The molecule has 1 N–H and O–H groups in total. The van der Waals surface area contributed by atoms with Gasteiger partial charge in [0.2, 0.25) is 5.91 Å². The van der Waals surface area contributed by atoms with Crippen molar-refractivity contribution < 1.29 is 22.8 Å². The second-order valence-corrected chi connectivity index (χ2v) is 6.50. The number of rotatable bonds is 3. The first-order valence-electron chi connectivity index (χ1n) is 7.10. The summed E-state index contributed by atoms with van der Waals surface area (Å²) in [6, 6.07) is 4.59. The smallest absolute Gasteiger partial charge is 0.337 e. The normalized spacial score (nSPS) is 15.4. The molecule has 2 amide bonds. The molecule has 1 heterocycles. The van der Waals surface area contributed by atoms with Gasteiger partial charge in [-0.2, -0.15) is 24.9 Å². The van der Waals surface area contributed by atoms with Crippen LogP contribution in [0.25, 0.3) is 0 Å². The number of carbonyl (C=O) groups excluding carboxylic acids is 2. The molecule has 0 aliphatic carbocycles. The Kier molecular flexibility index (Phi) is 5.56. The molecule has 1 saturated heterocycles. The Labute approximate surface area is 136 Å². The molecule has 1 aromatic rings. The SMILES string of the molecule is Cc1cc(C(=O)N2CCSCC2)ccc1NC(=O)CC(F)(F)F. The molecule has 1 aliphatic heterocycles. The average molecular weight is 346 g/mol. The standard InChI is InChI=1S/C15H17F3N2O2S/c1-10-8-11(14(22)20-4-6-23-7-5-20)2-3-12(10)19-13(21)9-15(16,17)18/h2-3,8H,4-7,9H2,1H3,(H,19,21). The van der Waals surface area contributed by atoms with Crippen molar-refractivity contribution in [3.05, 3.63) is 29.3 Å². The number of carbonyl (C=O) groups is 2. The lowest BCUT2D eigenvalue weighted by atomic mass is 10.1. The molecule has 1 aromatic carbocycles. The number of nitrogens with zero attached hydrogens (tertiary/aromatic N) is 1. The number of halogens is 3. The summed E-state index contributed by atoms with van der Waals surface area (Å²) in [5, 5.41) is 2.23. The molecule has 126 valence electrons. The van der Waals surface area contributed by atoms with Gasteiger partial charge in [0.25, 0.3) is 5.91 Å². The van der Waals surface area contributed by atoms with Gasteiger partial charge in [-0.05, 0) is 30.7 Å². The van der Waals surface area contributed by atoms with Gasteiger partial charge in [-0.1, -0.05) is 0 Å². The van der Waals surface area contributed by atoms with Crippen molar-refractivity contribution in [2.45, 2.75) is 19.5 Å². The maximum atomic E-state index is 12.4. The Morgan fingerprint density at radius 1 is 1.26 bits per heavy atom. The number of anilines is 1. The van der Waals surface area contributed by atoms with E-state index < -0.39 is 18.5 Å². The van der Waals surface area contributed by atoms with Gasteiger partial charge < -0.3 is 10.2 Å². The van der Waals surface area contributed by atoms with Gasteiger partial charge in [0.15, 0.2) is 0 Å². The Hall–Kier alpha value is -1.70. The molecule has 0 atom stereocenters. The van der Waals surface area contributed by atoms with E-state index in [-0.39, 0.29) is 11.6 Å². The number of hydrogen-bond acceptors (Lipinski definition) is 3. The predicted molar refractivity (Wildman–Crippen MR) is 83.7 cm³/mol. The molecule has 4 nitrogen and oxygen atoms in total. The molecule has 0 spiro atoms. The molecular formula is C15H17F3N2O2S. The summed E-state index contributed by atoms with van der Waals surface area (Å²) in [7, 11) is 0. The Morgan fingerprint density at radius 2 is 1.91 bits per heavy atom. The first-order chi connectivity index (χ1) is 10.8. The first kappa shape index (κ1) is 17.7. The molecule has 0 radical (unpaired) electrons. The number of benzene rings is 1. The van der Waals surface area contributed by atoms with Gasteiger partial charge in [-0.15, -0.1) is 0 Å². The number of nitrogens with one attached hydrogen (secondary N) is 1. The van der Waals surface area contributed by atoms with Crippen LogP contribution in [0.15, 0.2) is 18.2 Å². The van der Waals surface area contributed by atoms with E-state index in [9.17, 15) is 22.8 Å². The van der Waals surface area contributed by atoms with Crippen LogP contribution >= 0.6 is 11.8 Å². The highest BCUT2D eigenvalue weighted by molar-refractivity contribution is 7.99. The van der Waals surface area contributed by atoms with Crippen molar-refractivity contribution in [3.63, 3.8) is 0 Å². The second-order valence-electron chi connectivity index (χ2n) is 5.27. The average Bonchev–Trinajstić information content (AvgIpc) is 2.47. The fourth-order valence-corrected chi connectivity index (χ4v) is 3.17. The summed E-state index contributed by atoms with van der Waals surface area (Å²) in [4.78, 5) is 25.4. The van der Waals surface area contributed by atoms with Crippen LogP contribution in [0.5, 0.6) is 0 Å². The maximum absolute atomic E-state index is 12.4. The number of thioether (sulfide) groups is 1. The third-order valence-electron chi connectivity index (χ3n) is 3.41. The van der Waals surface area contributed by atoms with Gasteiger partial charge >= 0.3 is 6.18 Å². The minimum absolute atomic E-state index is 0.0958. The van der Waals surface area contributed by atoms with E-state index in [1.807, 2.05) is 0 Å². The Balaban J connectivity index is 2.05. The Bertz CT molecular complexity index is 599. The second kappa shape index (κ2) is 7.25. The summed E-state index contributed by atoms with van der Waals surface area (Å²) in [6.07, 6.45) is -6.07. The molecule has 0 saturated carbocycles. The lowest BCUT2D eigenvalue weighted by Gasteiger charge is -2.26. The van der Waals surface area contributed by atoms with Crippen LogP contribution in [-0.2, 0) is 4.79 Å². The zero-order valence-electron chi connectivity index (χ0n) is 12.6. The van der Waals surface area contributed by atoms with Gasteiger partial charge in [-0.25, -0.2) is 0 Å². The molecule has 1 fully saturated rings. The van der Waals surface area contributed by atoms with Crippen LogP contribution < -0.4 is 5.32 Å². The zero-order chi connectivity index (χ0) is 17.0. The summed E-state index contributed by atoms with van der Waals surface area (Å²) >= 11 is 1.79. The molecule has 23 heavy (non-hydrogen) atoms. The van der Waals surface area contributed by atoms with Crippen molar-refractivity contribution in [1.82, 2.24) is 4.90 Å². The minimum Gasteiger partial charge on any atom is -0.337 e. The van der Waals surface area contributed by atoms with Crippen molar-refractivity contribution in [3.8, 4) is 0 Å². The van der Waals surface area contributed by atoms with E-state index >= 15 is 0 Å². The molecule has 2 rings (SSSR count). The van der Waals surface area contributed by atoms with Gasteiger partial charge in [0, 0.05) is 35.8 Å². The molecular weight excluding hydrogens is 329 g/mol. The topological polar surface area (TPSA) is 49.4 Å². The summed E-state index contributed by atoms with van der Waals surface area (Å²) in [6.45, 7) is 3.02. The van der Waals surface area contributed by atoms with Crippen LogP contribution in [0.4, 0.5) is 18.9 Å². The van der Waals surface area contributed by atoms with Crippen molar-refractivity contribution >= 4 is 29.3 Å². The third kappa shape index (κ3) is 5.16. The summed E-state index contributed by atoms with van der Waals surface area (Å²) in [5.74, 6) is 0.585. The van der Waals surface area contributed by atoms with Crippen molar-refractivity contribution in [2.75, 3.05) is 29.9 Å². The fourth-order valence-electron chi connectivity index (χ4n) is 2.26. The van der Waals surface area contributed by atoms with Crippen LogP contribution in [0.3, 0.4) is 0 Å². The zero-order valence-corrected chi connectivity index (χ0v) is 13.4. The molecule has 0 bridgehead atoms. The van der Waals surface area contributed by atoms with Gasteiger partial charge in [0.05, 0.1) is 0 Å². The largest absolute Gasteiger partial charge is 0.397 e. The maximum Gasteiger partial charge on any atom is 0.397 e. The van der Waals surface area contributed by atoms with Crippen LogP contribution in [-0.4, -0.2) is 47.5 Å². The third-order valence-corrected chi connectivity index (χ3v) is 4.35.